The first-order chi connectivity index (χ1) is 9.41. The van der Waals surface area contributed by atoms with Gasteiger partial charge in [-0.25, -0.2) is 0 Å². The molecule has 4 nitrogen and oxygen atoms in total. The van der Waals surface area contributed by atoms with Gasteiger partial charge in [-0.15, -0.1) is 0 Å². The van der Waals surface area contributed by atoms with E-state index in [4.69, 9.17) is 0 Å². The Kier molecular flexibility index (Phi) is 15.5. The van der Waals surface area contributed by atoms with Crippen LogP contribution in [0, 0.1) is 17.8 Å². The van der Waals surface area contributed by atoms with Crippen LogP contribution in [-0.2, 0) is 4.79 Å². The van der Waals surface area contributed by atoms with E-state index in [9.17, 15) is 20.1 Å². The first-order valence-electron chi connectivity index (χ1n) is 6.82. The molecule has 0 aromatic rings. The molecule has 0 bridgehead atoms. The van der Waals surface area contributed by atoms with Crippen molar-refractivity contribution in [2.24, 2.45) is 5.92 Å². The Morgan fingerprint density at radius 2 is 1.95 bits per heavy atom. The van der Waals surface area contributed by atoms with Crippen LogP contribution in [0.5, 0.6) is 0 Å². The van der Waals surface area contributed by atoms with Gasteiger partial charge in [0, 0.05) is 5.97 Å². The van der Waals surface area contributed by atoms with Crippen molar-refractivity contribution >= 4 is 5.97 Å². The standard InChI is InChI=1S/C16H24O4.Na/c1-13(2)12-15(18)9-6-4-3-5-8-14(17)10-7-11-16(19)20;/h3-4,6,9,13-15,17-18H,7,10-12H2,1-2H3,(H,19,20);/q;+1/p-1/b4-3+,9-6+;/t14-,15+;/m1./s1. The quantitative estimate of drug-likeness (QED) is 0.303. The molecule has 0 saturated carbocycles. The third-order valence-corrected chi connectivity index (χ3v) is 2.45. The molecule has 0 aliphatic carbocycles. The number of carboxylic acid groups (broad SMARTS) is 1. The average Bonchev–Trinajstić information content (AvgIpc) is 2.32. The fourth-order valence-corrected chi connectivity index (χ4v) is 1.51. The van der Waals surface area contributed by atoms with Gasteiger partial charge in [-0.3, -0.25) is 0 Å². The number of hydrogen-bond donors (Lipinski definition) is 2. The second kappa shape index (κ2) is 14.4. The third kappa shape index (κ3) is 17.4. The number of allylic oxidation sites excluding steroid dienone is 3. The third-order valence-electron chi connectivity index (χ3n) is 2.45. The maximum Gasteiger partial charge on any atom is 1.00 e. The van der Waals surface area contributed by atoms with Crippen LogP contribution in [0.3, 0.4) is 0 Å². The number of carbonyl (C=O) groups excluding carboxylic acids is 1. The van der Waals surface area contributed by atoms with Crippen molar-refractivity contribution in [2.45, 2.75) is 51.7 Å². The fraction of sp³-hybridized carbons (Fsp3) is 0.562. The van der Waals surface area contributed by atoms with Gasteiger partial charge in [-0.2, -0.15) is 0 Å². The topological polar surface area (TPSA) is 80.6 Å². The van der Waals surface area contributed by atoms with Gasteiger partial charge in [-0.05, 0) is 37.7 Å². The van der Waals surface area contributed by atoms with Gasteiger partial charge >= 0.3 is 29.6 Å². The number of carboxylic acids is 1. The molecule has 2 atom stereocenters. The molecule has 0 aromatic carbocycles. The minimum atomic E-state index is -1.12. The molecule has 21 heavy (non-hydrogen) atoms. The van der Waals surface area contributed by atoms with Gasteiger partial charge in [0.2, 0.25) is 0 Å². The first-order valence-corrected chi connectivity index (χ1v) is 6.82. The van der Waals surface area contributed by atoms with Gasteiger partial charge in [0.1, 0.15) is 6.10 Å². The van der Waals surface area contributed by atoms with Gasteiger partial charge < -0.3 is 20.1 Å². The Hall–Kier alpha value is -0.570. The van der Waals surface area contributed by atoms with E-state index in [1.165, 1.54) is 0 Å². The smallest absolute Gasteiger partial charge is 0.550 e. The Bertz CT molecular complexity index is 391. The summed E-state index contributed by atoms with van der Waals surface area (Å²) in [6, 6.07) is 0. The Morgan fingerprint density at radius 3 is 2.52 bits per heavy atom. The minimum Gasteiger partial charge on any atom is -0.550 e. The maximum absolute atomic E-state index is 10.2. The number of aliphatic hydroxyl groups is 2. The number of hydrogen-bond acceptors (Lipinski definition) is 4. The Labute approximate surface area is 149 Å². The van der Waals surface area contributed by atoms with E-state index < -0.39 is 18.2 Å². The van der Waals surface area contributed by atoms with Crippen molar-refractivity contribution in [1.82, 2.24) is 0 Å². The Morgan fingerprint density at radius 1 is 1.29 bits per heavy atom. The van der Waals surface area contributed by atoms with E-state index in [-0.39, 0.29) is 36.0 Å². The van der Waals surface area contributed by atoms with Crippen LogP contribution in [0.1, 0.15) is 39.5 Å². The molecule has 0 aliphatic heterocycles. The van der Waals surface area contributed by atoms with Crippen molar-refractivity contribution in [1.29, 1.82) is 0 Å². The first kappa shape index (κ1) is 22.7. The summed E-state index contributed by atoms with van der Waals surface area (Å²) in [7, 11) is 0. The molecule has 112 valence electrons. The van der Waals surface area contributed by atoms with Crippen molar-refractivity contribution < 1.29 is 49.7 Å². The van der Waals surface area contributed by atoms with E-state index in [1.807, 2.05) is 13.8 Å². The van der Waals surface area contributed by atoms with Crippen molar-refractivity contribution in [3.8, 4) is 11.8 Å². The molecule has 0 aliphatic rings. The molecule has 0 radical (unpaired) electrons. The van der Waals surface area contributed by atoms with Crippen LogP contribution >= 0.6 is 0 Å². The van der Waals surface area contributed by atoms with Gasteiger partial charge in [0.25, 0.3) is 0 Å². The van der Waals surface area contributed by atoms with Crippen molar-refractivity contribution in [3.63, 3.8) is 0 Å². The molecule has 5 heteroatoms. The fourth-order valence-electron chi connectivity index (χ4n) is 1.51. The van der Waals surface area contributed by atoms with E-state index >= 15 is 0 Å². The van der Waals surface area contributed by atoms with Gasteiger partial charge in [0.05, 0.1) is 6.10 Å². The molecule has 2 N–H and O–H groups in total. The molecule has 0 rings (SSSR count). The van der Waals surface area contributed by atoms with Crippen LogP contribution in [0.2, 0.25) is 0 Å². The monoisotopic (exact) mass is 302 g/mol. The zero-order chi connectivity index (χ0) is 15.4. The van der Waals surface area contributed by atoms with Crippen LogP contribution < -0.4 is 34.7 Å². The molecule has 0 amide bonds. The van der Waals surface area contributed by atoms with Gasteiger partial charge in [0.15, 0.2) is 0 Å². The van der Waals surface area contributed by atoms with Gasteiger partial charge in [-0.1, -0.05) is 43.9 Å². The second-order valence-electron chi connectivity index (χ2n) is 5.01. The minimum absolute atomic E-state index is 0. The largest absolute Gasteiger partial charge is 1.00 e. The molecule has 0 unspecified atom stereocenters. The van der Waals surface area contributed by atoms with E-state index in [0.29, 0.717) is 25.2 Å². The van der Waals surface area contributed by atoms with Crippen LogP contribution in [0.25, 0.3) is 0 Å². The van der Waals surface area contributed by atoms with Crippen molar-refractivity contribution in [2.75, 3.05) is 0 Å². The van der Waals surface area contributed by atoms with E-state index in [2.05, 4.69) is 11.8 Å². The number of aliphatic hydroxyl groups excluding tert-OH is 2. The summed E-state index contributed by atoms with van der Waals surface area (Å²) in [6.07, 6.45) is 6.69. The van der Waals surface area contributed by atoms with E-state index in [0.717, 1.165) is 0 Å². The summed E-state index contributed by atoms with van der Waals surface area (Å²) in [6.45, 7) is 4.08. The van der Waals surface area contributed by atoms with Crippen LogP contribution in [0.4, 0.5) is 0 Å². The predicted molar refractivity (Wildman–Crippen MR) is 76.4 cm³/mol. The normalized spacial score (nSPS) is 13.8. The predicted octanol–water partition coefficient (Wildman–Crippen LogP) is -2.21. The molecule has 0 aromatic heterocycles. The van der Waals surface area contributed by atoms with Crippen LogP contribution in [-0.4, -0.2) is 28.4 Å². The number of rotatable bonds is 8. The summed E-state index contributed by atoms with van der Waals surface area (Å²) in [4.78, 5) is 10.2. The molecular weight excluding hydrogens is 279 g/mol. The van der Waals surface area contributed by atoms with E-state index in [1.54, 1.807) is 24.3 Å². The second-order valence-corrected chi connectivity index (χ2v) is 5.01. The zero-order valence-corrected chi connectivity index (χ0v) is 15.1. The summed E-state index contributed by atoms with van der Waals surface area (Å²) in [5, 5.41) is 29.2. The maximum atomic E-state index is 10.2. The van der Waals surface area contributed by atoms with Crippen molar-refractivity contribution in [3.05, 3.63) is 24.3 Å². The number of carbonyl (C=O) groups is 1. The molecular formula is C16H23NaO4. The molecule has 0 spiro atoms. The summed E-state index contributed by atoms with van der Waals surface area (Å²) >= 11 is 0. The SMILES string of the molecule is CC(C)C[C@@H](O)/C=C/C=C/C#C[C@@H](O)CCCC(=O)[O-].[Na+]. The molecule has 0 heterocycles. The number of aliphatic carboxylic acids is 1. The summed E-state index contributed by atoms with van der Waals surface area (Å²) in [5.41, 5.74) is 0. The van der Waals surface area contributed by atoms with Crippen LogP contribution in [0.15, 0.2) is 24.3 Å². The zero-order valence-electron chi connectivity index (χ0n) is 13.1. The molecule has 0 fully saturated rings. The molecule has 0 saturated heterocycles. The average molecular weight is 302 g/mol. The summed E-state index contributed by atoms with van der Waals surface area (Å²) < 4.78 is 0. The Balaban J connectivity index is 0. The summed E-state index contributed by atoms with van der Waals surface area (Å²) in [5.74, 6) is 4.57.